The van der Waals surface area contributed by atoms with Gasteiger partial charge in [-0.1, -0.05) is 13.8 Å². The largest absolute Gasteiger partial charge is 0.355 e. The summed E-state index contributed by atoms with van der Waals surface area (Å²) in [6, 6.07) is 0. The van der Waals surface area contributed by atoms with Crippen molar-refractivity contribution in [1.29, 1.82) is 0 Å². The lowest BCUT2D eigenvalue weighted by Crippen LogP contribution is -2.33. The molecule has 0 saturated heterocycles. The Morgan fingerprint density at radius 1 is 1.36 bits per heavy atom. The molecule has 0 aromatic rings. The maximum absolute atomic E-state index is 11.2. The van der Waals surface area contributed by atoms with Gasteiger partial charge >= 0.3 is 0 Å². The van der Waals surface area contributed by atoms with E-state index < -0.39 is 0 Å². The lowest BCUT2D eigenvalue weighted by molar-refractivity contribution is -0.127. The van der Waals surface area contributed by atoms with Crippen molar-refractivity contribution < 1.29 is 9.59 Å². The van der Waals surface area contributed by atoms with Gasteiger partial charge in [-0.15, -0.1) is 0 Å². The third kappa shape index (κ3) is 2.82. The lowest BCUT2D eigenvalue weighted by atomic mass is 9.92. The summed E-state index contributed by atoms with van der Waals surface area (Å²) in [5.41, 5.74) is 0.326. The van der Waals surface area contributed by atoms with Crippen molar-refractivity contribution in [2.45, 2.75) is 40.0 Å². The maximum atomic E-state index is 11.2. The summed E-state index contributed by atoms with van der Waals surface area (Å²) in [4.78, 5) is 21.9. The van der Waals surface area contributed by atoms with E-state index >= 15 is 0 Å². The molecule has 3 heteroatoms. The van der Waals surface area contributed by atoms with Crippen LogP contribution in [0.3, 0.4) is 0 Å². The minimum atomic E-state index is -0.135. The van der Waals surface area contributed by atoms with Gasteiger partial charge < -0.3 is 5.32 Å². The minimum Gasteiger partial charge on any atom is -0.355 e. The molecule has 0 aliphatic heterocycles. The molecule has 0 aromatic heterocycles. The van der Waals surface area contributed by atoms with Crippen molar-refractivity contribution in [1.82, 2.24) is 5.32 Å². The zero-order valence-corrected chi connectivity index (χ0v) is 9.22. The van der Waals surface area contributed by atoms with Crippen LogP contribution in [0.2, 0.25) is 0 Å². The van der Waals surface area contributed by atoms with Gasteiger partial charge in [-0.2, -0.15) is 0 Å². The van der Waals surface area contributed by atoms with Crippen molar-refractivity contribution in [3.63, 3.8) is 0 Å². The molecular formula is C11H19NO2. The monoisotopic (exact) mass is 197 g/mol. The standard InChI is InChI=1S/C11H19NO2/c1-8(2)11(4-5-11)7-12-10(14)6-9(3)13/h8H,4-7H2,1-3H3,(H,12,14). The highest BCUT2D eigenvalue weighted by Crippen LogP contribution is 2.51. The molecule has 1 aliphatic carbocycles. The molecule has 0 spiro atoms. The molecule has 3 nitrogen and oxygen atoms in total. The molecule has 0 heterocycles. The third-order valence-corrected chi connectivity index (χ3v) is 3.16. The van der Waals surface area contributed by atoms with Crippen LogP contribution in [0, 0.1) is 11.3 Å². The highest BCUT2D eigenvalue weighted by atomic mass is 16.2. The van der Waals surface area contributed by atoms with Gasteiger partial charge in [0.05, 0.1) is 6.42 Å². The first-order valence-electron chi connectivity index (χ1n) is 5.22. The van der Waals surface area contributed by atoms with E-state index in [1.165, 1.54) is 19.8 Å². The van der Waals surface area contributed by atoms with Gasteiger partial charge in [0.25, 0.3) is 0 Å². The van der Waals surface area contributed by atoms with Gasteiger partial charge in [-0.3, -0.25) is 9.59 Å². The molecule has 1 fully saturated rings. The molecule has 0 aromatic carbocycles. The Morgan fingerprint density at radius 2 is 1.93 bits per heavy atom. The number of Topliss-reactive ketones (excluding diaryl/α,β-unsaturated/α-hetero) is 1. The molecular weight excluding hydrogens is 178 g/mol. The zero-order valence-electron chi connectivity index (χ0n) is 9.22. The second-order valence-corrected chi connectivity index (χ2v) is 4.67. The van der Waals surface area contributed by atoms with Gasteiger partial charge in [0.2, 0.25) is 5.91 Å². The van der Waals surface area contributed by atoms with Crippen LogP contribution in [-0.4, -0.2) is 18.2 Å². The summed E-state index contributed by atoms with van der Waals surface area (Å²) < 4.78 is 0. The van der Waals surface area contributed by atoms with E-state index in [4.69, 9.17) is 0 Å². The first-order chi connectivity index (χ1) is 6.46. The Balaban J connectivity index is 2.27. The summed E-state index contributed by atoms with van der Waals surface area (Å²) >= 11 is 0. The number of carbonyl (C=O) groups is 2. The SMILES string of the molecule is CC(=O)CC(=O)NCC1(C(C)C)CC1. The van der Waals surface area contributed by atoms with Gasteiger partial charge in [0.1, 0.15) is 5.78 Å². The van der Waals surface area contributed by atoms with Crippen molar-refractivity contribution in [2.75, 3.05) is 6.54 Å². The number of hydrogen-bond donors (Lipinski definition) is 1. The zero-order chi connectivity index (χ0) is 10.8. The molecule has 80 valence electrons. The Labute approximate surface area is 85.3 Å². The average molecular weight is 197 g/mol. The van der Waals surface area contributed by atoms with E-state index in [2.05, 4.69) is 19.2 Å². The van der Waals surface area contributed by atoms with Crippen LogP contribution in [0.1, 0.15) is 40.0 Å². The van der Waals surface area contributed by atoms with Crippen molar-refractivity contribution >= 4 is 11.7 Å². The van der Waals surface area contributed by atoms with E-state index in [-0.39, 0.29) is 18.1 Å². The highest BCUT2D eigenvalue weighted by molar-refractivity contribution is 5.96. The average Bonchev–Trinajstić information content (AvgIpc) is 2.79. The Bertz CT molecular complexity index is 242. The van der Waals surface area contributed by atoms with Gasteiger partial charge in [0.15, 0.2) is 0 Å². The van der Waals surface area contributed by atoms with Gasteiger partial charge in [-0.05, 0) is 31.1 Å². The normalized spacial score (nSPS) is 18.0. The number of rotatable bonds is 5. The third-order valence-electron chi connectivity index (χ3n) is 3.16. The Kier molecular flexibility index (Phi) is 3.29. The number of hydrogen-bond acceptors (Lipinski definition) is 2. The summed E-state index contributed by atoms with van der Waals surface area (Å²) in [5, 5.41) is 2.84. The summed E-state index contributed by atoms with van der Waals surface area (Å²) in [5.74, 6) is 0.404. The molecule has 0 unspecified atom stereocenters. The van der Waals surface area contributed by atoms with Crippen molar-refractivity contribution in [3.05, 3.63) is 0 Å². The Morgan fingerprint density at radius 3 is 2.29 bits per heavy atom. The molecule has 1 saturated carbocycles. The number of nitrogens with one attached hydrogen (secondary N) is 1. The fourth-order valence-corrected chi connectivity index (χ4v) is 1.68. The predicted octanol–water partition coefficient (Wildman–Crippen LogP) is 1.52. The van der Waals surface area contributed by atoms with Crippen molar-refractivity contribution in [2.24, 2.45) is 11.3 Å². The second-order valence-electron chi connectivity index (χ2n) is 4.67. The molecule has 0 radical (unpaired) electrons. The quantitative estimate of drug-likeness (QED) is 0.679. The first-order valence-corrected chi connectivity index (χ1v) is 5.22. The summed E-state index contributed by atoms with van der Waals surface area (Å²) in [6.07, 6.45) is 2.42. The smallest absolute Gasteiger partial charge is 0.227 e. The minimum absolute atomic E-state index is 0.0220. The second kappa shape index (κ2) is 4.11. The molecule has 0 atom stereocenters. The van der Waals surface area contributed by atoms with Crippen LogP contribution in [-0.2, 0) is 9.59 Å². The van der Waals surface area contributed by atoms with Crippen LogP contribution < -0.4 is 5.32 Å². The summed E-state index contributed by atoms with van der Waals surface area (Å²) in [6.45, 7) is 6.54. The number of ketones is 1. The van der Waals surface area contributed by atoms with Crippen LogP contribution in [0.5, 0.6) is 0 Å². The molecule has 14 heavy (non-hydrogen) atoms. The Hall–Kier alpha value is -0.860. The lowest BCUT2D eigenvalue weighted by Gasteiger charge is -2.19. The number of amides is 1. The van der Waals surface area contributed by atoms with Gasteiger partial charge in [0, 0.05) is 6.54 Å². The van der Waals surface area contributed by atoms with Crippen LogP contribution in [0.4, 0.5) is 0 Å². The van der Waals surface area contributed by atoms with Crippen LogP contribution in [0.25, 0.3) is 0 Å². The van der Waals surface area contributed by atoms with E-state index in [0.717, 1.165) is 6.54 Å². The number of carbonyl (C=O) groups excluding carboxylic acids is 2. The topological polar surface area (TPSA) is 46.2 Å². The van der Waals surface area contributed by atoms with E-state index in [9.17, 15) is 9.59 Å². The highest BCUT2D eigenvalue weighted by Gasteiger charge is 2.45. The first kappa shape index (κ1) is 11.2. The fourth-order valence-electron chi connectivity index (χ4n) is 1.68. The van der Waals surface area contributed by atoms with Gasteiger partial charge in [-0.25, -0.2) is 0 Å². The molecule has 1 amide bonds. The van der Waals surface area contributed by atoms with E-state index in [1.807, 2.05) is 0 Å². The fraction of sp³-hybridized carbons (Fsp3) is 0.818. The van der Waals surface area contributed by atoms with Crippen molar-refractivity contribution in [3.8, 4) is 0 Å². The van der Waals surface area contributed by atoms with E-state index in [1.54, 1.807) is 0 Å². The predicted molar refractivity (Wildman–Crippen MR) is 54.8 cm³/mol. The maximum Gasteiger partial charge on any atom is 0.227 e. The molecule has 1 aliphatic rings. The van der Waals surface area contributed by atoms with Crippen LogP contribution in [0.15, 0.2) is 0 Å². The molecule has 1 rings (SSSR count). The summed E-state index contributed by atoms with van der Waals surface area (Å²) in [7, 11) is 0. The van der Waals surface area contributed by atoms with Crippen LogP contribution >= 0.6 is 0 Å². The molecule has 1 N–H and O–H groups in total. The van der Waals surface area contributed by atoms with E-state index in [0.29, 0.717) is 11.3 Å². The molecule has 0 bridgehead atoms.